The quantitative estimate of drug-likeness (QED) is 0.858. The van der Waals surface area contributed by atoms with Crippen LogP contribution >= 0.6 is 0 Å². The number of hydrogen-bond donors (Lipinski definition) is 1. The molecule has 1 aromatic heterocycles. The Morgan fingerprint density at radius 3 is 2.89 bits per heavy atom. The van der Waals surface area contributed by atoms with Gasteiger partial charge in [0, 0.05) is 12.8 Å². The second-order valence-corrected chi connectivity index (χ2v) is 4.66. The molecule has 1 unspecified atom stereocenters. The second kappa shape index (κ2) is 4.62. The van der Waals surface area contributed by atoms with Crippen molar-refractivity contribution in [3.05, 3.63) is 29.8 Å². The number of hydrogen-bond acceptors (Lipinski definition) is 5. The zero-order valence-electron chi connectivity index (χ0n) is 10.5. The Morgan fingerprint density at radius 2 is 2.26 bits per heavy atom. The van der Waals surface area contributed by atoms with E-state index in [9.17, 15) is 4.39 Å². The minimum atomic E-state index is -0.476. The lowest BCUT2D eigenvalue weighted by atomic mass is 10.1. The lowest BCUT2D eigenvalue weighted by Gasteiger charge is -2.08. The van der Waals surface area contributed by atoms with Crippen LogP contribution in [0.1, 0.15) is 24.8 Å². The molecule has 19 heavy (non-hydrogen) atoms. The Bertz CT molecular complexity index is 575. The number of ether oxygens (including phenoxy) is 1. The Labute approximate surface area is 109 Å². The van der Waals surface area contributed by atoms with E-state index in [4.69, 9.17) is 15.0 Å². The van der Waals surface area contributed by atoms with E-state index in [1.165, 1.54) is 12.1 Å². The van der Waals surface area contributed by atoms with Crippen LogP contribution in [0.2, 0.25) is 0 Å². The number of nitrogens with zero attached hydrogens (tertiary/aromatic N) is 2. The topological polar surface area (TPSA) is 74.2 Å². The van der Waals surface area contributed by atoms with Crippen LogP contribution in [0.5, 0.6) is 0 Å². The lowest BCUT2D eigenvalue weighted by Crippen LogP contribution is -2.05. The zero-order chi connectivity index (χ0) is 13.4. The normalized spacial score (nSPS) is 16.5. The maximum atomic E-state index is 13.8. The van der Waals surface area contributed by atoms with E-state index in [1.54, 1.807) is 13.2 Å². The maximum Gasteiger partial charge on any atom is 0.263 e. The van der Waals surface area contributed by atoms with Crippen molar-refractivity contribution in [2.75, 3.05) is 12.8 Å². The van der Waals surface area contributed by atoms with Gasteiger partial charge in [0.05, 0.1) is 5.56 Å². The molecule has 0 saturated heterocycles. The molecule has 1 aromatic carbocycles. The third kappa shape index (κ3) is 2.19. The van der Waals surface area contributed by atoms with Crippen LogP contribution in [0.25, 0.3) is 11.5 Å². The van der Waals surface area contributed by atoms with Gasteiger partial charge in [0.15, 0.2) is 0 Å². The number of anilines is 1. The van der Waals surface area contributed by atoms with E-state index < -0.39 is 5.82 Å². The fourth-order valence-corrected chi connectivity index (χ4v) is 2.13. The zero-order valence-corrected chi connectivity index (χ0v) is 10.5. The van der Waals surface area contributed by atoms with Crippen LogP contribution in [-0.2, 0) is 4.74 Å². The predicted molar refractivity (Wildman–Crippen MR) is 66.6 cm³/mol. The van der Waals surface area contributed by atoms with Crippen LogP contribution in [0.15, 0.2) is 22.7 Å². The fraction of sp³-hybridized carbons (Fsp3) is 0.385. The third-order valence-corrected chi connectivity index (χ3v) is 3.26. The van der Waals surface area contributed by atoms with Gasteiger partial charge in [-0.25, -0.2) is 4.39 Å². The highest BCUT2D eigenvalue weighted by atomic mass is 19.1. The van der Waals surface area contributed by atoms with Crippen molar-refractivity contribution in [2.24, 2.45) is 5.92 Å². The SMILES string of the molecule is COC(c1noc(-c2c(N)cccc2F)n1)C1CC1. The van der Waals surface area contributed by atoms with E-state index in [1.807, 2.05) is 0 Å². The number of rotatable bonds is 4. The van der Waals surface area contributed by atoms with Crippen LogP contribution < -0.4 is 5.73 Å². The number of aromatic nitrogens is 2. The number of nitrogens with two attached hydrogens (primary N) is 1. The Hall–Kier alpha value is -1.95. The van der Waals surface area contributed by atoms with E-state index in [-0.39, 0.29) is 23.2 Å². The summed E-state index contributed by atoms with van der Waals surface area (Å²) in [6.45, 7) is 0. The molecule has 2 aromatic rings. The van der Waals surface area contributed by atoms with Crippen LogP contribution in [0.4, 0.5) is 10.1 Å². The molecule has 1 aliphatic rings. The molecule has 0 aliphatic heterocycles. The van der Waals surface area contributed by atoms with E-state index >= 15 is 0 Å². The number of benzene rings is 1. The first-order chi connectivity index (χ1) is 9.20. The van der Waals surface area contributed by atoms with Gasteiger partial charge in [0.25, 0.3) is 5.89 Å². The summed E-state index contributed by atoms with van der Waals surface area (Å²) in [5.74, 6) is 0.486. The molecule has 1 aliphatic carbocycles. The smallest absolute Gasteiger partial charge is 0.263 e. The molecule has 5 nitrogen and oxygen atoms in total. The molecule has 0 radical (unpaired) electrons. The fourth-order valence-electron chi connectivity index (χ4n) is 2.13. The molecule has 1 heterocycles. The minimum absolute atomic E-state index is 0.0910. The summed E-state index contributed by atoms with van der Waals surface area (Å²) in [5, 5.41) is 3.87. The predicted octanol–water partition coefficient (Wildman–Crippen LogP) is 2.56. The summed E-state index contributed by atoms with van der Waals surface area (Å²) >= 11 is 0. The summed E-state index contributed by atoms with van der Waals surface area (Å²) in [5.41, 5.74) is 6.16. The molecular weight excluding hydrogens is 249 g/mol. The van der Waals surface area contributed by atoms with Gasteiger partial charge < -0.3 is 15.0 Å². The van der Waals surface area contributed by atoms with Gasteiger partial charge in [0.1, 0.15) is 11.9 Å². The summed E-state index contributed by atoms with van der Waals surface area (Å²) in [4.78, 5) is 4.21. The Morgan fingerprint density at radius 1 is 1.47 bits per heavy atom. The van der Waals surface area contributed by atoms with Crippen molar-refractivity contribution in [1.82, 2.24) is 10.1 Å². The molecular formula is C13H14FN3O2. The summed E-state index contributed by atoms with van der Waals surface area (Å²) in [6, 6.07) is 4.44. The average molecular weight is 263 g/mol. The standard InChI is InChI=1S/C13H14FN3O2/c1-18-11(7-5-6-7)12-16-13(19-17-12)10-8(14)3-2-4-9(10)15/h2-4,7,11H,5-6,15H2,1H3. The molecule has 1 atom stereocenters. The minimum Gasteiger partial charge on any atom is -0.398 e. The van der Waals surface area contributed by atoms with E-state index in [0.717, 1.165) is 12.8 Å². The van der Waals surface area contributed by atoms with Gasteiger partial charge in [-0.3, -0.25) is 0 Å². The molecule has 100 valence electrons. The first kappa shape index (κ1) is 12.1. The van der Waals surface area contributed by atoms with E-state index in [2.05, 4.69) is 10.1 Å². The van der Waals surface area contributed by atoms with Gasteiger partial charge >= 0.3 is 0 Å². The molecule has 3 rings (SSSR count). The Balaban J connectivity index is 1.96. The molecule has 2 N–H and O–H groups in total. The summed E-state index contributed by atoms with van der Waals surface area (Å²) in [6.07, 6.45) is 1.99. The lowest BCUT2D eigenvalue weighted by molar-refractivity contribution is 0.0751. The molecule has 0 spiro atoms. The van der Waals surface area contributed by atoms with Gasteiger partial charge in [-0.15, -0.1) is 0 Å². The van der Waals surface area contributed by atoms with Gasteiger partial charge in [-0.2, -0.15) is 4.98 Å². The van der Waals surface area contributed by atoms with Crippen molar-refractivity contribution in [3.63, 3.8) is 0 Å². The molecule has 0 amide bonds. The van der Waals surface area contributed by atoms with Crippen molar-refractivity contribution in [3.8, 4) is 11.5 Å². The number of nitrogen functional groups attached to an aromatic ring is 1. The number of halogens is 1. The Kier molecular flexibility index (Phi) is 2.94. The highest BCUT2D eigenvalue weighted by Gasteiger charge is 2.36. The highest BCUT2D eigenvalue weighted by molar-refractivity contribution is 5.70. The molecule has 6 heteroatoms. The maximum absolute atomic E-state index is 13.8. The van der Waals surface area contributed by atoms with Crippen molar-refractivity contribution < 1.29 is 13.7 Å². The highest BCUT2D eigenvalue weighted by Crippen LogP contribution is 2.42. The summed E-state index contributed by atoms with van der Waals surface area (Å²) < 4.78 is 24.2. The molecule has 1 saturated carbocycles. The van der Waals surface area contributed by atoms with E-state index in [0.29, 0.717) is 11.7 Å². The largest absolute Gasteiger partial charge is 0.398 e. The van der Waals surface area contributed by atoms with Crippen molar-refractivity contribution in [1.29, 1.82) is 0 Å². The molecule has 1 fully saturated rings. The van der Waals surface area contributed by atoms with Gasteiger partial charge in [-0.05, 0) is 30.9 Å². The van der Waals surface area contributed by atoms with Gasteiger partial charge in [-0.1, -0.05) is 11.2 Å². The van der Waals surface area contributed by atoms with Crippen molar-refractivity contribution >= 4 is 5.69 Å². The first-order valence-electron chi connectivity index (χ1n) is 6.11. The summed E-state index contributed by atoms with van der Waals surface area (Å²) in [7, 11) is 1.61. The molecule has 0 bridgehead atoms. The van der Waals surface area contributed by atoms with Crippen LogP contribution in [0.3, 0.4) is 0 Å². The van der Waals surface area contributed by atoms with Crippen molar-refractivity contribution in [2.45, 2.75) is 18.9 Å². The van der Waals surface area contributed by atoms with Crippen LogP contribution in [-0.4, -0.2) is 17.3 Å². The third-order valence-electron chi connectivity index (χ3n) is 3.26. The second-order valence-electron chi connectivity index (χ2n) is 4.66. The van der Waals surface area contributed by atoms with Crippen LogP contribution in [0, 0.1) is 11.7 Å². The average Bonchev–Trinajstić information content (AvgIpc) is 3.10. The first-order valence-corrected chi connectivity index (χ1v) is 6.11. The number of methoxy groups -OCH3 is 1. The van der Waals surface area contributed by atoms with Gasteiger partial charge in [0.2, 0.25) is 5.82 Å². The monoisotopic (exact) mass is 263 g/mol.